The van der Waals surface area contributed by atoms with E-state index in [0.29, 0.717) is 5.66 Å². The number of hydrogen-bond acceptors (Lipinski definition) is 1. The molecule has 0 unspecified atom stereocenters. The van der Waals surface area contributed by atoms with Crippen LogP contribution in [0, 0.1) is 0 Å². The summed E-state index contributed by atoms with van der Waals surface area (Å²) in [5.41, 5.74) is 0.354. The Bertz CT molecular complexity index is 90.7. The van der Waals surface area contributed by atoms with E-state index in [-0.39, 0.29) is 7.43 Å². The van der Waals surface area contributed by atoms with Crippen molar-refractivity contribution in [3.8, 4) is 0 Å². The van der Waals surface area contributed by atoms with Crippen molar-refractivity contribution >= 4 is 7.14 Å². The monoisotopic (exact) mass is 136 g/mol. The van der Waals surface area contributed by atoms with Crippen LogP contribution in [0.15, 0.2) is 0 Å². The van der Waals surface area contributed by atoms with Crippen LogP contribution in [0.4, 0.5) is 0 Å². The van der Waals surface area contributed by atoms with Gasteiger partial charge in [-0.3, -0.25) is 0 Å². The molecule has 2 heteroatoms. The van der Waals surface area contributed by atoms with E-state index in [1.165, 1.54) is 0 Å². The first kappa shape index (κ1) is 11.1. The predicted molar refractivity (Wildman–Crippen MR) is 41.3 cm³/mol. The van der Waals surface area contributed by atoms with Gasteiger partial charge in [0.05, 0.1) is 7.14 Å². The van der Waals surface area contributed by atoms with Crippen LogP contribution in [-0.4, -0.2) is 19.0 Å². The van der Waals surface area contributed by atoms with Crippen LogP contribution in [0.1, 0.15) is 21.3 Å². The standard InChI is InChI=1S/C5H13OP.CH4/c1-5(2)7(3,4)6;/h5H,1-4H3;1H4. The van der Waals surface area contributed by atoms with Crippen LogP contribution in [0.2, 0.25) is 0 Å². The summed E-state index contributed by atoms with van der Waals surface area (Å²) in [6, 6.07) is 0. The lowest BCUT2D eigenvalue weighted by Crippen LogP contribution is -1.92. The molecule has 0 heterocycles. The first-order valence-corrected chi connectivity index (χ1v) is 5.16. The molecule has 0 saturated heterocycles. The molecule has 0 atom stereocenters. The maximum atomic E-state index is 10.9. The second-order valence-electron chi connectivity index (χ2n) is 2.53. The summed E-state index contributed by atoms with van der Waals surface area (Å²) in [7, 11) is -1.74. The minimum atomic E-state index is -1.74. The van der Waals surface area contributed by atoms with E-state index in [1.54, 1.807) is 0 Å². The molecule has 52 valence electrons. The highest BCUT2D eigenvalue weighted by Crippen LogP contribution is 2.41. The number of hydrogen-bond donors (Lipinski definition) is 0. The van der Waals surface area contributed by atoms with Gasteiger partial charge in [0.25, 0.3) is 0 Å². The smallest absolute Gasteiger partial charge is 0.0843 e. The normalized spacial score (nSPS) is 11.1. The lowest BCUT2D eigenvalue weighted by Gasteiger charge is -2.08. The Morgan fingerprint density at radius 2 is 1.38 bits per heavy atom. The Kier molecular flexibility index (Phi) is 4.56. The fraction of sp³-hybridized carbons (Fsp3) is 1.00. The molecule has 0 aromatic rings. The molecular weight excluding hydrogens is 119 g/mol. The molecule has 0 spiro atoms. The van der Waals surface area contributed by atoms with Crippen LogP contribution < -0.4 is 0 Å². The maximum absolute atomic E-state index is 10.9. The zero-order valence-corrected chi connectivity index (χ0v) is 6.33. The van der Waals surface area contributed by atoms with Gasteiger partial charge in [-0.15, -0.1) is 0 Å². The second-order valence-corrected chi connectivity index (χ2v) is 6.43. The lowest BCUT2D eigenvalue weighted by atomic mass is 10.6. The quantitative estimate of drug-likeness (QED) is 0.506. The van der Waals surface area contributed by atoms with Crippen LogP contribution >= 0.6 is 7.14 Å². The van der Waals surface area contributed by atoms with Crippen molar-refractivity contribution in [3.05, 3.63) is 0 Å². The van der Waals surface area contributed by atoms with Crippen molar-refractivity contribution in [1.82, 2.24) is 0 Å². The molecule has 0 aliphatic heterocycles. The molecule has 0 aromatic heterocycles. The van der Waals surface area contributed by atoms with Gasteiger partial charge in [-0.1, -0.05) is 21.3 Å². The summed E-state index contributed by atoms with van der Waals surface area (Å²) in [6.07, 6.45) is 0. The third-order valence-electron chi connectivity index (χ3n) is 1.24. The fourth-order valence-corrected chi connectivity index (χ4v) is 0. The van der Waals surface area contributed by atoms with Crippen molar-refractivity contribution in [3.63, 3.8) is 0 Å². The third kappa shape index (κ3) is 4.39. The molecule has 0 rings (SSSR count). The molecule has 0 fully saturated rings. The minimum absolute atomic E-state index is 0. The highest BCUT2D eigenvalue weighted by atomic mass is 31.2. The first-order chi connectivity index (χ1) is 2.94. The van der Waals surface area contributed by atoms with E-state index < -0.39 is 7.14 Å². The van der Waals surface area contributed by atoms with Crippen LogP contribution in [-0.2, 0) is 4.57 Å². The maximum Gasteiger partial charge on any atom is 0.0843 e. The molecule has 0 aliphatic rings. The van der Waals surface area contributed by atoms with E-state index in [0.717, 1.165) is 0 Å². The van der Waals surface area contributed by atoms with Gasteiger partial charge in [0.2, 0.25) is 0 Å². The Morgan fingerprint density at radius 1 is 1.25 bits per heavy atom. The van der Waals surface area contributed by atoms with Gasteiger partial charge in [0.15, 0.2) is 0 Å². The number of rotatable bonds is 1. The molecule has 0 N–H and O–H groups in total. The molecule has 0 saturated carbocycles. The first-order valence-electron chi connectivity index (χ1n) is 2.49. The van der Waals surface area contributed by atoms with Crippen molar-refractivity contribution in [2.24, 2.45) is 0 Å². The van der Waals surface area contributed by atoms with Gasteiger partial charge in [-0.25, -0.2) is 0 Å². The van der Waals surface area contributed by atoms with Gasteiger partial charge in [-0.05, 0) is 13.3 Å². The summed E-state index contributed by atoms with van der Waals surface area (Å²) in [5, 5.41) is 0. The van der Waals surface area contributed by atoms with Gasteiger partial charge in [0.1, 0.15) is 0 Å². The van der Waals surface area contributed by atoms with Gasteiger partial charge in [-0.2, -0.15) is 0 Å². The predicted octanol–water partition coefficient (Wildman–Crippen LogP) is 2.65. The van der Waals surface area contributed by atoms with E-state index >= 15 is 0 Å². The zero-order chi connectivity index (χ0) is 6.08. The fourth-order valence-electron chi connectivity index (χ4n) is 0. The van der Waals surface area contributed by atoms with E-state index in [2.05, 4.69) is 0 Å². The molecule has 0 aliphatic carbocycles. The Labute approximate surface area is 52.9 Å². The van der Waals surface area contributed by atoms with Crippen LogP contribution in [0.5, 0.6) is 0 Å². The molecule has 8 heavy (non-hydrogen) atoms. The SMILES string of the molecule is C.CC(C)P(C)(C)=O. The molecule has 0 aromatic carbocycles. The highest BCUT2D eigenvalue weighted by Gasteiger charge is 2.10. The highest BCUT2D eigenvalue weighted by molar-refractivity contribution is 7.63. The molecule has 0 amide bonds. The Hall–Kier alpha value is 0.230. The largest absolute Gasteiger partial charge is 0.324 e. The van der Waals surface area contributed by atoms with Crippen molar-refractivity contribution in [2.45, 2.75) is 26.9 Å². The molecule has 0 radical (unpaired) electrons. The zero-order valence-electron chi connectivity index (χ0n) is 5.43. The summed E-state index contributed by atoms with van der Waals surface area (Å²) in [6.45, 7) is 7.61. The van der Waals surface area contributed by atoms with E-state index in [1.807, 2.05) is 27.2 Å². The van der Waals surface area contributed by atoms with Gasteiger partial charge >= 0.3 is 0 Å². The third-order valence-corrected chi connectivity index (χ3v) is 3.73. The average Bonchev–Trinajstić information content (AvgIpc) is 1.31. The molecular formula is C6H17OP. The van der Waals surface area contributed by atoms with E-state index in [4.69, 9.17) is 0 Å². The van der Waals surface area contributed by atoms with Crippen LogP contribution in [0.25, 0.3) is 0 Å². The lowest BCUT2D eigenvalue weighted by molar-refractivity contribution is 0.576. The van der Waals surface area contributed by atoms with Crippen molar-refractivity contribution in [1.29, 1.82) is 0 Å². The van der Waals surface area contributed by atoms with Crippen molar-refractivity contribution in [2.75, 3.05) is 13.3 Å². The minimum Gasteiger partial charge on any atom is -0.324 e. The van der Waals surface area contributed by atoms with Crippen molar-refractivity contribution < 1.29 is 4.57 Å². The topological polar surface area (TPSA) is 17.1 Å². The summed E-state index contributed by atoms with van der Waals surface area (Å²) >= 11 is 0. The van der Waals surface area contributed by atoms with Crippen LogP contribution in [0.3, 0.4) is 0 Å². The summed E-state index contributed by atoms with van der Waals surface area (Å²) < 4.78 is 10.9. The Morgan fingerprint density at radius 3 is 1.38 bits per heavy atom. The molecule has 0 bridgehead atoms. The summed E-state index contributed by atoms with van der Waals surface area (Å²) in [5.74, 6) is 0. The van der Waals surface area contributed by atoms with Gasteiger partial charge in [0, 0.05) is 5.66 Å². The van der Waals surface area contributed by atoms with Gasteiger partial charge < -0.3 is 4.57 Å². The molecule has 1 nitrogen and oxygen atoms in total. The summed E-state index contributed by atoms with van der Waals surface area (Å²) in [4.78, 5) is 0. The second kappa shape index (κ2) is 3.29. The van der Waals surface area contributed by atoms with E-state index in [9.17, 15) is 4.57 Å². The average molecular weight is 136 g/mol. The Balaban J connectivity index is 0.